The lowest BCUT2D eigenvalue weighted by molar-refractivity contribution is -0.149. The van der Waals surface area contributed by atoms with Gasteiger partial charge in [-0.25, -0.2) is 0 Å². The molecule has 1 spiro atoms. The summed E-state index contributed by atoms with van der Waals surface area (Å²) in [6, 6.07) is 10.0. The van der Waals surface area contributed by atoms with Crippen molar-refractivity contribution < 1.29 is 19.1 Å². The summed E-state index contributed by atoms with van der Waals surface area (Å²) >= 11 is 0. The number of ether oxygens (including phenoxy) is 2. The zero-order chi connectivity index (χ0) is 18.4. The maximum Gasteiger partial charge on any atom is 0.312 e. The molecule has 1 amide bonds. The van der Waals surface area contributed by atoms with Gasteiger partial charge in [0.25, 0.3) is 0 Å². The summed E-state index contributed by atoms with van der Waals surface area (Å²) in [6.45, 7) is 3.19. The fraction of sp³-hybridized carbons (Fsp3) is 0.545. The Morgan fingerprint density at radius 3 is 2.85 bits per heavy atom. The van der Waals surface area contributed by atoms with Gasteiger partial charge in [0.15, 0.2) is 0 Å². The van der Waals surface area contributed by atoms with Crippen molar-refractivity contribution in [3.8, 4) is 0 Å². The molecule has 6 atom stereocenters. The molecule has 2 saturated heterocycles. The van der Waals surface area contributed by atoms with Crippen LogP contribution in [0.3, 0.4) is 0 Å². The van der Waals surface area contributed by atoms with Crippen molar-refractivity contribution in [2.75, 3.05) is 6.54 Å². The van der Waals surface area contributed by atoms with E-state index in [1.807, 2.05) is 41.3 Å². The van der Waals surface area contributed by atoms with E-state index >= 15 is 0 Å². The van der Waals surface area contributed by atoms with Gasteiger partial charge in [0.2, 0.25) is 5.91 Å². The number of esters is 1. The molecule has 3 aliphatic heterocycles. The van der Waals surface area contributed by atoms with E-state index in [-0.39, 0.29) is 35.9 Å². The average molecular weight is 365 g/mol. The lowest BCUT2D eigenvalue weighted by atomic mass is 9.55. The molecule has 27 heavy (non-hydrogen) atoms. The summed E-state index contributed by atoms with van der Waals surface area (Å²) in [6.07, 6.45) is 4.46. The third-order valence-corrected chi connectivity index (χ3v) is 7.60. The molecule has 0 bridgehead atoms. The molecule has 0 aromatic heterocycles. The molecular weight excluding hydrogens is 342 g/mol. The van der Waals surface area contributed by atoms with Gasteiger partial charge in [0.05, 0.1) is 12.0 Å². The Morgan fingerprint density at radius 1 is 1.22 bits per heavy atom. The van der Waals surface area contributed by atoms with Crippen LogP contribution in [0.25, 0.3) is 0 Å². The molecule has 2 saturated carbocycles. The molecule has 3 heterocycles. The normalized spacial score (nSPS) is 44.0. The van der Waals surface area contributed by atoms with E-state index in [1.54, 1.807) is 0 Å². The largest absolute Gasteiger partial charge is 0.459 e. The van der Waals surface area contributed by atoms with E-state index in [1.165, 1.54) is 0 Å². The van der Waals surface area contributed by atoms with Crippen molar-refractivity contribution in [3.05, 3.63) is 47.5 Å². The monoisotopic (exact) mass is 365 g/mol. The van der Waals surface area contributed by atoms with Crippen molar-refractivity contribution >= 4 is 11.9 Å². The van der Waals surface area contributed by atoms with Crippen LogP contribution < -0.4 is 0 Å². The van der Waals surface area contributed by atoms with E-state index in [2.05, 4.69) is 6.92 Å². The van der Waals surface area contributed by atoms with Crippen LogP contribution in [0, 0.1) is 17.3 Å². The van der Waals surface area contributed by atoms with E-state index in [4.69, 9.17) is 9.47 Å². The molecule has 1 aromatic carbocycles. The highest BCUT2D eigenvalue weighted by Crippen LogP contribution is 2.66. The molecular formula is C22H23NO4. The van der Waals surface area contributed by atoms with Gasteiger partial charge >= 0.3 is 5.97 Å². The number of carbonyl (C=O) groups excluding carboxylic acids is 2. The van der Waals surface area contributed by atoms with Gasteiger partial charge in [-0.3, -0.25) is 9.59 Å². The van der Waals surface area contributed by atoms with Gasteiger partial charge in [-0.1, -0.05) is 36.8 Å². The summed E-state index contributed by atoms with van der Waals surface area (Å²) in [5.41, 5.74) is 1.39. The third-order valence-electron chi connectivity index (χ3n) is 7.60. The first-order chi connectivity index (χ1) is 13.0. The van der Waals surface area contributed by atoms with Crippen LogP contribution in [0.15, 0.2) is 42.0 Å². The van der Waals surface area contributed by atoms with E-state index in [9.17, 15) is 9.59 Å². The molecule has 5 heteroatoms. The maximum atomic E-state index is 12.9. The Labute approximate surface area is 158 Å². The van der Waals surface area contributed by atoms with Crippen molar-refractivity contribution in [1.29, 1.82) is 0 Å². The van der Waals surface area contributed by atoms with E-state index in [0.29, 0.717) is 13.1 Å². The smallest absolute Gasteiger partial charge is 0.312 e. The number of hydrogen-bond acceptors (Lipinski definition) is 4. The quantitative estimate of drug-likeness (QED) is 0.597. The molecule has 4 fully saturated rings. The second kappa shape index (κ2) is 5.02. The SMILES string of the molecule is CC12CCCC3C4=CC(=O)N(Cc5ccccc5)CC45OC5C(OC1=O)C32. The molecule has 6 unspecified atom stereocenters. The predicted molar refractivity (Wildman–Crippen MR) is 96.4 cm³/mol. The lowest BCUT2D eigenvalue weighted by Crippen LogP contribution is -2.55. The van der Waals surface area contributed by atoms with Crippen LogP contribution in [-0.4, -0.2) is 41.1 Å². The minimum atomic E-state index is -0.433. The van der Waals surface area contributed by atoms with Gasteiger partial charge in [-0.05, 0) is 36.8 Å². The number of benzene rings is 1. The average Bonchev–Trinajstić information content (AvgIpc) is 3.31. The Morgan fingerprint density at radius 2 is 2.04 bits per heavy atom. The number of carbonyl (C=O) groups is 2. The second-order valence-corrected chi connectivity index (χ2v) is 9.02. The number of hydrogen-bond donors (Lipinski definition) is 0. The topological polar surface area (TPSA) is 59.1 Å². The fourth-order valence-electron chi connectivity index (χ4n) is 6.28. The summed E-state index contributed by atoms with van der Waals surface area (Å²) in [5.74, 6) is 0.366. The highest BCUT2D eigenvalue weighted by atomic mass is 16.7. The molecule has 5 nitrogen and oxygen atoms in total. The molecule has 2 aliphatic carbocycles. The number of nitrogens with zero attached hydrogens (tertiary/aromatic N) is 1. The summed E-state index contributed by atoms with van der Waals surface area (Å²) in [4.78, 5) is 27.4. The minimum Gasteiger partial charge on any atom is -0.459 e. The molecule has 0 N–H and O–H groups in total. The van der Waals surface area contributed by atoms with Gasteiger partial charge in [-0.15, -0.1) is 0 Å². The number of epoxide rings is 1. The first-order valence-electron chi connectivity index (χ1n) is 9.97. The van der Waals surface area contributed by atoms with E-state index in [0.717, 1.165) is 30.4 Å². The van der Waals surface area contributed by atoms with Crippen LogP contribution in [0.4, 0.5) is 0 Å². The van der Waals surface area contributed by atoms with Gasteiger partial charge in [0.1, 0.15) is 17.8 Å². The first-order valence-corrected chi connectivity index (χ1v) is 9.97. The van der Waals surface area contributed by atoms with Gasteiger partial charge in [0, 0.05) is 18.5 Å². The molecule has 1 aromatic rings. The maximum absolute atomic E-state index is 12.9. The Bertz CT molecular complexity index is 880. The minimum absolute atomic E-state index is 0.0599. The number of rotatable bonds is 2. The van der Waals surface area contributed by atoms with Crippen LogP contribution >= 0.6 is 0 Å². The van der Waals surface area contributed by atoms with Crippen molar-refractivity contribution in [3.63, 3.8) is 0 Å². The molecule has 5 aliphatic rings. The van der Waals surface area contributed by atoms with Crippen LogP contribution in [0.1, 0.15) is 31.7 Å². The van der Waals surface area contributed by atoms with Crippen LogP contribution in [0.5, 0.6) is 0 Å². The highest BCUT2D eigenvalue weighted by Gasteiger charge is 2.77. The Balaban J connectivity index is 1.37. The number of amides is 1. The van der Waals surface area contributed by atoms with Crippen molar-refractivity contribution in [2.24, 2.45) is 17.3 Å². The van der Waals surface area contributed by atoms with E-state index < -0.39 is 11.0 Å². The summed E-state index contributed by atoms with van der Waals surface area (Å²) < 4.78 is 12.1. The zero-order valence-corrected chi connectivity index (χ0v) is 15.4. The molecule has 140 valence electrons. The van der Waals surface area contributed by atoms with Gasteiger partial charge in [-0.2, -0.15) is 0 Å². The Hall–Kier alpha value is -2.14. The van der Waals surface area contributed by atoms with Crippen LogP contribution in [0.2, 0.25) is 0 Å². The fourth-order valence-corrected chi connectivity index (χ4v) is 6.28. The van der Waals surface area contributed by atoms with Gasteiger partial charge < -0.3 is 14.4 Å². The second-order valence-electron chi connectivity index (χ2n) is 9.02. The van der Waals surface area contributed by atoms with Crippen molar-refractivity contribution in [1.82, 2.24) is 4.90 Å². The van der Waals surface area contributed by atoms with Crippen molar-refractivity contribution in [2.45, 2.75) is 50.5 Å². The molecule has 0 radical (unpaired) electrons. The Kier molecular flexibility index (Phi) is 2.95. The molecule has 6 rings (SSSR count). The third kappa shape index (κ3) is 1.93. The number of fused-ring (bicyclic) bond motifs is 2. The standard InChI is InChI=1S/C22H23NO4/c1-21-9-5-8-14-15-10-16(24)23(11-13-6-3-2-4-7-13)12-22(15)19(27-22)18(17(14)21)26-20(21)25/h2-4,6-7,10,14,17-19H,5,8-9,11-12H2,1H3. The van der Waals surface area contributed by atoms with Crippen LogP contribution in [-0.2, 0) is 25.6 Å². The highest BCUT2D eigenvalue weighted by molar-refractivity contribution is 5.91. The first kappa shape index (κ1) is 15.9. The predicted octanol–water partition coefficient (Wildman–Crippen LogP) is 2.45. The summed E-state index contributed by atoms with van der Waals surface area (Å²) in [7, 11) is 0. The zero-order valence-electron chi connectivity index (χ0n) is 15.4. The summed E-state index contributed by atoms with van der Waals surface area (Å²) in [5, 5.41) is 0. The lowest BCUT2D eigenvalue weighted by Gasteiger charge is -2.46.